The van der Waals surface area contributed by atoms with Crippen LogP contribution in [0.4, 0.5) is 0 Å². The first-order valence-electron chi connectivity index (χ1n) is 9.89. The first kappa shape index (κ1) is 20.5. The molecule has 1 aliphatic heterocycles. The number of hydrogen-bond donors (Lipinski definition) is 1. The minimum Gasteiger partial charge on any atom is -0.370 e. The van der Waals surface area contributed by atoms with E-state index in [1.807, 2.05) is 0 Å². The third-order valence-corrected chi connectivity index (χ3v) is 11.4. The number of rotatable bonds is 8. The first-order valence-corrected chi connectivity index (χ1v) is 12.6. The highest BCUT2D eigenvalue weighted by molar-refractivity contribution is 8.14. The van der Waals surface area contributed by atoms with E-state index < -0.39 is 6.34 Å². The van der Waals surface area contributed by atoms with Crippen LogP contribution in [0.5, 0.6) is 0 Å². The van der Waals surface area contributed by atoms with Crippen molar-refractivity contribution in [3.8, 4) is 0 Å². The number of nitrogens with zero attached hydrogens (tertiary/aromatic N) is 2. The van der Waals surface area contributed by atoms with Gasteiger partial charge in [0.25, 0.3) is 0 Å². The molecule has 1 heterocycles. The molecule has 0 aromatic carbocycles. The van der Waals surface area contributed by atoms with Gasteiger partial charge in [-0.3, -0.25) is 9.34 Å². The Kier molecular flexibility index (Phi) is 8.39. The van der Waals surface area contributed by atoms with Gasteiger partial charge in [-0.25, -0.2) is 0 Å². The van der Waals surface area contributed by atoms with Crippen LogP contribution in [0, 0.1) is 0 Å². The lowest BCUT2D eigenvalue weighted by Crippen LogP contribution is -3.12. The number of morpholine rings is 1. The van der Waals surface area contributed by atoms with Gasteiger partial charge in [0.15, 0.2) is 0 Å². The summed E-state index contributed by atoms with van der Waals surface area (Å²) in [4.78, 5) is 1.66. The van der Waals surface area contributed by atoms with Crippen LogP contribution in [-0.2, 0) is 16.5 Å². The summed E-state index contributed by atoms with van der Waals surface area (Å²) in [5, 5.41) is 1.65. The minimum absolute atomic E-state index is 0.894. The third-order valence-electron chi connectivity index (χ3n) is 5.54. The molecule has 4 nitrogen and oxygen atoms in total. The Morgan fingerprint density at radius 3 is 1.92 bits per heavy atom. The molecule has 1 N–H and O–H groups in total. The van der Waals surface area contributed by atoms with Crippen molar-refractivity contribution in [3.63, 3.8) is 0 Å². The standard InChI is InChI=1S/C18H36N3OPS/c1-5-20(6-2)23(24,21(7-3)8-4)18-12-10-9-11-17(18)19-13-15-22-16-14-19/h5-16H2,1-4H3/p+1. The Morgan fingerprint density at radius 1 is 0.917 bits per heavy atom. The van der Waals surface area contributed by atoms with E-state index in [9.17, 15) is 0 Å². The molecule has 0 atom stereocenters. The van der Waals surface area contributed by atoms with Gasteiger partial charge in [-0.05, 0) is 19.3 Å². The van der Waals surface area contributed by atoms with Crippen LogP contribution in [0.25, 0.3) is 0 Å². The Bertz CT molecular complexity index is 453. The molecular formula is C18H37N3OPS+. The largest absolute Gasteiger partial charge is 0.370 e. The summed E-state index contributed by atoms with van der Waals surface area (Å²) in [6.07, 6.45) is 3.27. The highest BCUT2D eigenvalue weighted by Gasteiger charge is 2.39. The molecule has 0 aromatic rings. The number of nitrogens with one attached hydrogen (secondary N) is 1. The summed E-state index contributed by atoms with van der Waals surface area (Å²) in [5.74, 6) is 0. The Labute approximate surface area is 154 Å². The Morgan fingerprint density at radius 2 is 1.42 bits per heavy atom. The fourth-order valence-corrected chi connectivity index (χ4v) is 9.88. The Hall–Kier alpha value is 0.230. The summed E-state index contributed by atoms with van der Waals surface area (Å²) in [6, 6.07) is 0. The average molecular weight is 375 g/mol. The second-order valence-electron chi connectivity index (χ2n) is 6.67. The smallest absolute Gasteiger partial charge is 0.114 e. The number of ether oxygens (including phenoxy) is 1. The second-order valence-corrected chi connectivity index (χ2v) is 11.0. The minimum atomic E-state index is -1.82. The van der Waals surface area contributed by atoms with Crippen LogP contribution < -0.4 is 4.90 Å². The van der Waals surface area contributed by atoms with Crippen LogP contribution >= 0.6 is 6.34 Å². The monoisotopic (exact) mass is 374 g/mol. The van der Waals surface area contributed by atoms with Crippen LogP contribution in [0.1, 0.15) is 53.4 Å². The van der Waals surface area contributed by atoms with Gasteiger partial charge >= 0.3 is 0 Å². The molecule has 0 spiro atoms. The molecule has 0 saturated carbocycles. The average Bonchev–Trinajstić information content (AvgIpc) is 2.64. The van der Waals surface area contributed by atoms with Crippen molar-refractivity contribution in [1.82, 2.24) is 9.34 Å². The summed E-state index contributed by atoms with van der Waals surface area (Å²) in [5.41, 5.74) is 1.66. The van der Waals surface area contributed by atoms with Gasteiger partial charge in [-0.1, -0.05) is 39.5 Å². The van der Waals surface area contributed by atoms with Crippen molar-refractivity contribution in [3.05, 3.63) is 11.0 Å². The lowest BCUT2D eigenvalue weighted by Gasteiger charge is -2.45. The molecule has 0 radical (unpaired) electrons. The van der Waals surface area contributed by atoms with Gasteiger partial charge in [-0.2, -0.15) is 0 Å². The van der Waals surface area contributed by atoms with Crippen LogP contribution in [0.15, 0.2) is 11.0 Å². The molecule has 140 valence electrons. The van der Waals surface area contributed by atoms with Gasteiger partial charge < -0.3 is 9.64 Å². The van der Waals surface area contributed by atoms with Crippen molar-refractivity contribution in [2.24, 2.45) is 0 Å². The zero-order chi connectivity index (χ0) is 17.6. The van der Waals surface area contributed by atoms with E-state index in [4.69, 9.17) is 16.5 Å². The van der Waals surface area contributed by atoms with Gasteiger partial charge in [0.2, 0.25) is 0 Å². The normalized spacial score (nSPS) is 21.1. The topological polar surface area (TPSA) is 20.1 Å². The van der Waals surface area contributed by atoms with Crippen LogP contribution in [-0.4, -0.2) is 61.8 Å². The molecule has 1 saturated heterocycles. The second kappa shape index (κ2) is 9.80. The first-order chi connectivity index (χ1) is 11.6. The number of quaternary nitrogens is 1. The Balaban J connectivity index is 2.51. The van der Waals surface area contributed by atoms with Crippen molar-refractivity contribution in [1.29, 1.82) is 0 Å². The molecule has 6 heteroatoms. The highest BCUT2D eigenvalue weighted by Crippen LogP contribution is 2.63. The maximum Gasteiger partial charge on any atom is 0.114 e. The van der Waals surface area contributed by atoms with E-state index in [0.29, 0.717) is 0 Å². The molecule has 2 aliphatic rings. The van der Waals surface area contributed by atoms with Gasteiger partial charge in [0.05, 0.1) is 13.2 Å². The molecule has 2 rings (SSSR count). The molecule has 24 heavy (non-hydrogen) atoms. The summed E-state index contributed by atoms with van der Waals surface area (Å²) in [6.45, 7) is 17.3. The van der Waals surface area contributed by atoms with E-state index in [1.54, 1.807) is 15.9 Å². The number of allylic oxidation sites excluding steroid dienone is 2. The summed E-state index contributed by atoms with van der Waals surface area (Å²) < 4.78 is 10.8. The molecule has 0 bridgehead atoms. The molecule has 1 fully saturated rings. The fraction of sp³-hybridized carbons (Fsp3) is 0.889. The van der Waals surface area contributed by atoms with E-state index in [-0.39, 0.29) is 0 Å². The highest BCUT2D eigenvalue weighted by atomic mass is 32.4. The van der Waals surface area contributed by atoms with Gasteiger partial charge in [0.1, 0.15) is 25.1 Å². The summed E-state index contributed by atoms with van der Waals surface area (Å²) >= 11 is 6.57. The molecule has 0 aromatic heterocycles. The van der Waals surface area contributed by atoms with E-state index in [2.05, 4.69) is 37.0 Å². The zero-order valence-electron chi connectivity index (χ0n) is 16.1. The fourth-order valence-electron chi connectivity index (χ4n) is 4.25. The quantitative estimate of drug-likeness (QED) is 0.659. The van der Waals surface area contributed by atoms with Gasteiger partial charge in [-0.15, -0.1) is 0 Å². The van der Waals surface area contributed by atoms with Crippen LogP contribution in [0.3, 0.4) is 0 Å². The number of hydrogen-bond acceptors (Lipinski definition) is 2. The van der Waals surface area contributed by atoms with Crippen molar-refractivity contribution in [2.45, 2.75) is 53.4 Å². The van der Waals surface area contributed by atoms with Crippen molar-refractivity contribution >= 4 is 18.1 Å². The lowest BCUT2D eigenvalue weighted by atomic mass is 10.0. The summed E-state index contributed by atoms with van der Waals surface area (Å²) in [7, 11) is 0. The third kappa shape index (κ3) is 4.13. The van der Waals surface area contributed by atoms with Crippen molar-refractivity contribution in [2.75, 3.05) is 52.5 Å². The zero-order valence-corrected chi connectivity index (χ0v) is 17.9. The maximum absolute atomic E-state index is 6.57. The molecule has 0 amide bonds. The van der Waals surface area contributed by atoms with Crippen molar-refractivity contribution < 1.29 is 9.64 Å². The van der Waals surface area contributed by atoms with E-state index in [1.165, 1.54) is 25.7 Å². The predicted octanol–water partition coefficient (Wildman–Crippen LogP) is 2.68. The molecular weight excluding hydrogens is 337 g/mol. The van der Waals surface area contributed by atoms with E-state index in [0.717, 1.165) is 52.5 Å². The molecule has 1 aliphatic carbocycles. The lowest BCUT2D eigenvalue weighted by molar-refractivity contribution is -0.871. The molecule has 0 unspecified atom stereocenters. The SMILES string of the molecule is CCN(CC)P(=S)(C1=C([NH+]2CCOCC2)CCCC1)N(CC)CC. The predicted molar refractivity (Wildman–Crippen MR) is 107 cm³/mol. The van der Waals surface area contributed by atoms with Crippen LogP contribution in [0.2, 0.25) is 0 Å². The van der Waals surface area contributed by atoms with E-state index >= 15 is 0 Å². The van der Waals surface area contributed by atoms with Gasteiger partial charge in [0, 0.05) is 37.9 Å². The maximum atomic E-state index is 6.57.